The number of aryl methyl sites for hydroxylation is 1. The Labute approximate surface area is 153 Å². The normalized spacial score (nSPS) is 10.6. The molecular formula is C21H23N3O2. The van der Waals surface area contributed by atoms with E-state index in [0.717, 1.165) is 22.6 Å². The Kier molecular flexibility index (Phi) is 5.37. The van der Waals surface area contributed by atoms with E-state index in [-0.39, 0.29) is 5.91 Å². The van der Waals surface area contributed by atoms with Crippen LogP contribution in [-0.4, -0.2) is 34.2 Å². The molecule has 5 nitrogen and oxygen atoms in total. The molecule has 0 saturated heterocycles. The van der Waals surface area contributed by atoms with Gasteiger partial charge in [-0.1, -0.05) is 18.2 Å². The maximum absolute atomic E-state index is 12.7. The van der Waals surface area contributed by atoms with Gasteiger partial charge in [-0.25, -0.2) is 4.68 Å². The average molecular weight is 349 g/mol. The number of aromatic nitrogens is 2. The number of amides is 1. The van der Waals surface area contributed by atoms with E-state index in [1.807, 2.05) is 73.3 Å². The largest absolute Gasteiger partial charge is 0.494 e. The van der Waals surface area contributed by atoms with Crippen molar-refractivity contribution in [3.63, 3.8) is 0 Å². The monoisotopic (exact) mass is 349 g/mol. The van der Waals surface area contributed by atoms with Gasteiger partial charge in [0, 0.05) is 30.9 Å². The maximum atomic E-state index is 12.7. The molecule has 5 heteroatoms. The first-order valence-electron chi connectivity index (χ1n) is 8.66. The first-order chi connectivity index (χ1) is 12.6. The van der Waals surface area contributed by atoms with Gasteiger partial charge < -0.3 is 9.64 Å². The maximum Gasteiger partial charge on any atom is 0.253 e. The summed E-state index contributed by atoms with van der Waals surface area (Å²) in [6.45, 7) is 5.00. The van der Waals surface area contributed by atoms with Crippen molar-refractivity contribution in [1.29, 1.82) is 0 Å². The van der Waals surface area contributed by atoms with Crippen LogP contribution in [0.4, 0.5) is 0 Å². The van der Waals surface area contributed by atoms with E-state index in [4.69, 9.17) is 4.74 Å². The molecule has 134 valence electrons. The highest BCUT2D eigenvalue weighted by Crippen LogP contribution is 2.20. The number of carbonyl (C=O) groups excluding carboxylic acids is 1. The molecule has 0 spiro atoms. The zero-order chi connectivity index (χ0) is 18.5. The number of carbonyl (C=O) groups is 1. The van der Waals surface area contributed by atoms with Gasteiger partial charge in [0.2, 0.25) is 0 Å². The molecule has 1 aromatic heterocycles. The van der Waals surface area contributed by atoms with Crippen LogP contribution in [0.25, 0.3) is 5.69 Å². The Morgan fingerprint density at radius 3 is 2.65 bits per heavy atom. The summed E-state index contributed by atoms with van der Waals surface area (Å²) in [4.78, 5) is 14.4. The second-order valence-corrected chi connectivity index (χ2v) is 6.20. The van der Waals surface area contributed by atoms with Gasteiger partial charge in [-0.15, -0.1) is 0 Å². The van der Waals surface area contributed by atoms with E-state index < -0.39 is 0 Å². The summed E-state index contributed by atoms with van der Waals surface area (Å²) in [5, 5.41) is 4.38. The molecule has 26 heavy (non-hydrogen) atoms. The molecular weight excluding hydrogens is 326 g/mol. The van der Waals surface area contributed by atoms with Crippen LogP contribution in [-0.2, 0) is 6.54 Å². The second-order valence-electron chi connectivity index (χ2n) is 6.20. The summed E-state index contributed by atoms with van der Waals surface area (Å²) < 4.78 is 7.35. The van der Waals surface area contributed by atoms with E-state index in [1.54, 1.807) is 18.1 Å². The molecule has 1 heterocycles. The number of rotatable bonds is 6. The Morgan fingerprint density at radius 1 is 1.19 bits per heavy atom. The van der Waals surface area contributed by atoms with Crippen LogP contribution in [0.1, 0.15) is 28.4 Å². The van der Waals surface area contributed by atoms with Gasteiger partial charge in [0.15, 0.2) is 0 Å². The highest BCUT2D eigenvalue weighted by molar-refractivity contribution is 5.94. The molecule has 0 fully saturated rings. The molecule has 0 aliphatic carbocycles. The fraction of sp³-hybridized carbons (Fsp3) is 0.238. The summed E-state index contributed by atoms with van der Waals surface area (Å²) in [6.07, 6.45) is 3.74. The zero-order valence-electron chi connectivity index (χ0n) is 15.3. The van der Waals surface area contributed by atoms with Gasteiger partial charge >= 0.3 is 0 Å². The predicted molar refractivity (Wildman–Crippen MR) is 102 cm³/mol. The quantitative estimate of drug-likeness (QED) is 0.679. The summed E-state index contributed by atoms with van der Waals surface area (Å²) in [7, 11) is 1.80. The van der Waals surface area contributed by atoms with Crippen LogP contribution < -0.4 is 4.74 Å². The highest BCUT2D eigenvalue weighted by atomic mass is 16.5. The fourth-order valence-electron chi connectivity index (χ4n) is 2.83. The number of hydrogen-bond acceptors (Lipinski definition) is 3. The first-order valence-corrected chi connectivity index (χ1v) is 8.66. The first kappa shape index (κ1) is 17.7. The third-order valence-electron chi connectivity index (χ3n) is 4.14. The van der Waals surface area contributed by atoms with Crippen molar-refractivity contribution >= 4 is 5.91 Å². The SMILES string of the molecule is CCOc1ccc(C(=O)N(C)Cc2cnn(-c3ccccc3)c2)cc1C. The molecule has 0 aliphatic heterocycles. The molecule has 3 aromatic rings. The summed E-state index contributed by atoms with van der Waals surface area (Å²) in [5.74, 6) is 0.791. The minimum atomic E-state index is -0.0244. The molecule has 2 aromatic carbocycles. The number of para-hydroxylation sites is 1. The van der Waals surface area contributed by atoms with Crippen LogP contribution in [0.15, 0.2) is 60.9 Å². The van der Waals surface area contributed by atoms with Crippen molar-refractivity contribution in [3.8, 4) is 11.4 Å². The number of ether oxygens (including phenoxy) is 1. The van der Waals surface area contributed by atoms with Crippen LogP contribution in [0.3, 0.4) is 0 Å². The van der Waals surface area contributed by atoms with Crippen molar-refractivity contribution in [2.45, 2.75) is 20.4 Å². The summed E-state index contributed by atoms with van der Waals surface area (Å²) in [6, 6.07) is 15.4. The fourth-order valence-corrected chi connectivity index (χ4v) is 2.83. The van der Waals surface area contributed by atoms with Crippen LogP contribution in [0, 0.1) is 6.92 Å². The third kappa shape index (κ3) is 3.94. The van der Waals surface area contributed by atoms with Gasteiger partial charge in [-0.05, 0) is 49.7 Å². The lowest BCUT2D eigenvalue weighted by Crippen LogP contribution is -2.26. The second kappa shape index (κ2) is 7.87. The molecule has 0 unspecified atom stereocenters. The van der Waals surface area contributed by atoms with Crippen molar-refractivity contribution in [3.05, 3.63) is 77.6 Å². The molecule has 0 radical (unpaired) electrons. The van der Waals surface area contributed by atoms with Gasteiger partial charge in [-0.2, -0.15) is 5.10 Å². The highest BCUT2D eigenvalue weighted by Gasteiger charge is 2.14. The minimum Gasteiger partial charge on any atom is -0.494 e. The van der Waals surface area contributed by atoms with Crippen molar-refractivity contribution < 1.29 is 9.53 Å². The lowest BCUT2D eigenvalue weighted by atomic mass is 10.1. The van der Waals surface area contributed by atoms with Crippen molar-refractivity contribution in [1.82, 2.24) is 14.7 Å². The predicted octanol–water partition coefficient (Wildman–Crippen LogP) is 3.85. The molecule has 3 rings (SSSR count). The smallest absolute Gasteiger partial charge is 0.253 e. The van der Waals surface area contributed by atoms with E-state index in [0.29, 0.717) is 18.7 Å². The number of benzene rings is 2. The Hall–Kier alpha value is -3.08. The zero-order valence-corrected chi connectivity index (χ0v) is 15.3. The Bertz CT molecular complexity index is 887. The standard InChI is InChI=1S/C21H23N3O2/c1-4-26-20-11-10-18(12-16(20)2)21(25)23(3)14-17-13-22-24(15-17)19-8-6-5-7-9-19/h5-13,15H,4,14H2,1-3H3. The minimum absolute atomic E-state index is 0.0244. The van der Waals surface area contributed by atoms with E-state index in [1.165, 1.54) is 0 Å². The van der Waals surface area contributed by atoms with Gasteiger partial charge in [0.1, 0.15) is 5.75 Å². The Balaban J connectivity index is 1.70. The van der Waals surface area contributed by atoms with E-state index in [9.17, 15) is 4.79 Å². The summed E-state index contributed by atoms with van der Waals surface area (Å²) in [5.41, 5.74) is 3.59. The van der Waals surface area contributed by atoms with Crippen molar-refractivity contribution in [2.24, 2.45) is 0 Å². The van der Waals surface area contributed by atoms with Gasteiger partial charge in [0.25, 0.3) is 5.91 Å². The average Bonchev–Trinajstić information content (AvgIpc) is 3.12. The molecule has 0 atom stereocenters. The summed E-state index contributed by atoms with van der Waals surface area (Å²) >= 11 is 0. The number of nitrogens with zero attached hydrogens (tertiary/aromatic N) is 3. The Morgan fingerprint density at radius 2 is 1.96 bits per heavy atom. The van der Waals surface area contributed by atoms with E-state index >= 15 is 0 Å². The van der Waals surface area contributed by atoms with Gasteiger partial charge in [0.05, 0.1) is 18.5 Å². The number of hydrogen-bond donors (Lipinski definition) is 0. The molecule has 1 amide bonds. The molecule has 0 aliphatic rings. The lowest BCUT2D eigenvalue weighted by molar-refractivity contribution is 0.0785. The van der Waals surface area contributed by atoms with Crippen LogP contribution in [0.5, 0.6) is 5.75 Å². The molecule has 0 bridgehead atoms. The molecule has 0 saturated carbocycles. The van der Waals surface area contributed by atoms with E-state index in [2.05, 4.69) is 5.10 Å². The topological polar surface area (TPSA) is 47.4 Å². The molecule has 0 N–H and O–H groups in total. The third-order valence-corrected chi connectivity index (χ3v) is 4.14. The van der Waals surface area contributed by atoms with Crippen LogP contribution in [0.2, 0.25) is 0 Å². The van der Waals surface area contributed by atoms with Crippen molar-refractivity contribution in [2.75, 3.05) is 13.7 Å². The van der Waals surface area contributed by atoms with Crippen LogP contribution >= 0.6 is 0 Å². The van der Waals surface area contributed by atoms with Gasteiger partial charge in [-0.3, -0.25) is 4.79 Å². The lowest BCUT2D eigenvalue weighted by Gasteiger charge is -2.17.